The summed E-state index contributed by atoms with van der Waals surface area (Å²) in [7, 11) is 0. The maximum absolute atomic E-state index is 12.2. The fraction of sp³-hybridized carbons (Fsp3) is 0.538. The van der Waals surface area contributed by atoms with E-state index >= 15 is 0 Å². The highest BCUT2D eigenvalue weighted by Gasteiger charge is 2.34. The van der Waals surface area contributed by atoms with E-state index in [1.165, 1.54) is 0 Å². The van der Waals surface area contributed by atoms with E-state index in [2.05, 4.69) is 15.3 Å². The molecular weight excluding hydrogens is 276 g/mol. The number of piperidine rings is 1. The highest BCUT2D eigenvalue weighted by Crippen LogP contribution is 2.16. The SMILES string of the molecule is O=C1N[C@H](C(=O)N2CCC(Oc3ncccn3)CC2)CO1. The summed E-state index contributed by atoms with van der Waals surface area (Å²) in [6.07, 6.45) is 4.16. The second kappa shape index (κ2) is 5.94. The Morgan fingerprint density at radius 1 is 1.33 bits per heavy atom. The lowest BCUT2D eigenvalue weighted by Crippen LogP contribution is -2.49. The number of hydrogen-bond donors (Lipinski definition) is 1. The van der Waals surface area contributed by atoms with Crippen LogP contribution in [-0.4, -0.2) is 58.7 Å². The van der Waals surface area contributed by atoms with Crippen molar-refractivity contribution in [3.05, 3.63) is 18.5 Å². The van der Waals surface area contributed by atoms with Crippen LogP contribution in [0.4, 0.5) is 4.79 Å². The van der Waals surface area contributed by atoms with Gasteiger partial charge in [0.2, 0.25) is 5.91 Å². The zero-order valence-corrected chi connectivity index (χ0v) is 11.4. The van der Waals surface area contributed by atoms with Gasteiger partial charge in [0.15, 0.2) is 0 Å². The number of hydrogen-bond acceptors (Lipinski definition) is 6. The predicted octanol–water partition coefficient (Wildman–Crippen LogP) is -0.0452. The van der Waals surface area contributed by atoms with Crippen molar-refractivity contribution >= 4 is 12.0 Å². The van der Waals surface area contributed by atoms with Crippen LogP contribution in [0, 0.1) is 0 Å². The molecule has 8 heteroatoms. The second-order valence-electron chi connectivity index (χ2n) is 4.97. The number of rotatable bonds is 3. The minimum Gasteiger partial charge on any atom is -0.460 e. The summed E-state index contributed by atoms with van der Waals surface area (Å²) in [5.41, 5.74) is 0. The Bertz CT molecular complexity index is 516. The van der Waals surface area contributed by atoms with Gasteiger partial charge in [-0.3, -0.25) is 4.79 Å². The van der Waals surface area contributed by atoms with Crippen LogP contribution in [0.15, 0.2) is 18.5 Å². The first-order valence-corrected chi connectivity index (χ1v) is 6.88. The molecule has 2 amide bonds. The number of carbonyl (C=O) groups is 2. The first kappa shape index (κ1) is 13.6. The molecule has 112 valence electrons. The fourth-order valence-electron chi connectivity index (χ4n) is 2.43. The van der Waals surface area contributed by atoms with Crippen molar-refractivity contribution in [1.29, 1.82) is 0 Å². The highest BCUT2D eigenvalue weighted by atomic mass is 16.6. The first-order chi connectivity index (χ1) is 10.2. The van der Waals surface area contributed by atoms with Gasteiger partial charge in [-0.05, 0) is 6.07 Å². The van der Waals surface area contributed by atoms with Crippen molar-refractivity contribution in [1.82, 2.24) is 20.2 Å². The Kier molecular flexibility index (Phi) is 3.85. The second-order valence-corrected chi connectivity index (χ2v) is 4.97. The number of aromatic nitrogens is 2. The van der Waals surface area contributed by atoms with Gasteiger partial charge in [-0.1, -0.05) is 0 Å². The molecule has 3 heterocycles. The van der Waals surface area contributed by atoms with Crippen LogP contribution in [0.5, 0.6) is 6.01 Å². The number of ether oxygens (including phenoxy) is 2. The smallest absolute Gasteiger partial charge is 0.407 e. The van der Waals surface area contributed by atoms with E-state index in [0.717, 1.165) is 0 Å². The summed E-state index contributed by atoms with van der Waals surface area (Å²) < 4.78 is 10.4. The molecule has 0 aliphatic carbocycles. The average molecular weight is 292 g/mol. The van der Waals surface area contributed by atoms with Gasteiger partial charge in [0, 0.05) is 38.3 Å². The molecule has 2 saturated heterocycles. The maximum Gasteiger partial charge on any atom is 0.407 e. The molecule has 1 aromatic rings. The van der Waals surface area contributed by atoms with Gasteiger partial charge < -0.3 is 19.7 Å². The molecule has 0 aromatic carbocycles. The molecule has 2 fully saturated rings. The summed E-state index contributed by atoms with van der Waals surface area (Å²) >= 11 is 0. The van der Waals surface area contributed by atoms with E-state index in [-0.39, 0.29) is 18.6 Å². The van der Waals surface area contributed by atoms with Gasteiger partial charge in [0.05, 0.1) is 0 Å². The van der Waals surface area contributed by atoms with E-state index in [1.54, 1.807) is 23.4 Å². The molecule has 3 rings (SSSR count). The van der Waals surface area contributed by atoms with E-state index < -0.39 is 12.1 Å². The molecule has 0 spiro atoms. The average Bonchev–Trinajstić information content (AvgIpc) is 2.95. The number of alkyl carbamates (subject to hydrolysis) is 1. The van der Waals surface area contributed by atoms with Crippen LogP contribution in [0.2, 0.25) is 0 Å². The minimum atomic E-state index is -0.563. The van der Waals surface area contributed by atoms with Crippen molar-refractivity contribution in [3.8, 4) is 6.01 Å². The number of nitrogens with one attached hydrogen (secondary N) is 1. The molecule has 8 nitrogen and oxygen atoms in total. The Morgan fingerprint density at radius 2 is 2.05 bits per heavy atom. The van der Waals surface area contributed by atoms with Crippen molar-refractivity contribution in [2.75, 3.05) is 19.7 Å². The normalized spacial score (nSPS) is 22.6. The lowest BCUT2D eigenvalue weighted by molar-refractivity contribution is -0.134. The minimum absolute atomic E-state index is 0.00543. The molecule has 2 aliphatic heterocycles. The summed E-state index contributed by atoms with van der Waals surface area (Å²) in [5, 5.41) is 2.50. The van der Waals surface area contributed by atoms with Crippen LogP contribution >= 0.6 is 0 Å². The van der Waals surface area contributed by atoms with Gasteiger partial charge in [-0.15, -0.1) is 0 Å². The van der Waals surface area contributed by atoms with Crippen molar-refractivity contribution < 1.29 is 19.1 Å². The molecule has 0 saturated carbocycles. The Hall–Kier alpha value is -2.38. The molecule has 0 radical (unpaired) electrons. The third-order valence-electron chi connectivity index (χ3n) is 3.54. The molecule has 21 heavy (non-hydrogen) atoms. The van der Waals surface area contributed by atoms with E-state index in [9.17, 15) is 9.59 Å². The van der Waals surface area contributed by atoms with Gasteiger partial charge in [-0.2, -0.15) is 0 Å². The number of likely N-dealkylation sites (tertiary alicyclic amines) is 1. The van der Waals surface area contributed by atoms with Gasteiger partial charge >= 0.3 is 12.1 Å². The van der Waals surface area contributed by atoms with Gasteiger partial charge in [-0.25, -0.2) is 14.8 Å². The van der Waals surface area contributed by atoms with Gasteiger partial charge in [0.25, 0.3) is 0 Å². The topological polar surface area (TPSA) is 93.7 Å². The number of carbonyl (C=O) groups excluding carboxylic acids is 2. The van der Waals surface area contributed by atoms with Crippen LogP contribution < -0.4 is 10.1 Å². The summed E-state index contributed by atoms with van der Waals surface area (Å²) in [6, 6.07) is 1.53. The van der Waals surface area contributed by atoms with E-state index in [4.69, 9.17) is 9.47 Å². The van der Waals surface area contributed by atoms with E-state index in [0.29, 0.717) is 31.9 Å². The van der Waals surface area contributed by atoms with E-state index in [1.807, 2.05) is 0 Å². The summed E-state index contributed by atoms with van der Waals surface area (Å²) in [6.45, 7) is 1.28. The lowest BCUT2D eigenvalue weighted by Gasteiger charge is -2.32. The summed E-state index contributed by atoms with van der Waals surface area (Å²) in [4.78, 5) is 32.9. The quantitative estimate of drug-likeness (QED) is 0.840. The van der Waals surface area contributed by atoms with Crippen molar-refractivity contribution in [2.45, 2.75) is 25.0 Å². The third-order valence-corrected chi connectivity index (χ3v) is 3.54. The highest BCUT2D eigenvalue weighted by molar-refractivity contribution is 5.87. The zero-order valence-electron chi connectivity index (χ0n) is 11.4. The Morgan fingerprint density at radius 3 is 2.67 bits per heavy atom. The lowest BCUT2D eigenvalue weighted by atomic mass is 10.1. The third kappa shape index (κ3) is 3.21. The van der Waals surface area contributed by atoms with Crippen molar-refractivity contribution in [3.63, 3.8) is 0 Å². The van der Waals surface area contributed by atoms with Gasteiger partial charge in [0.1, 0.15) is 18.8 Å². The molecule has 0 unspecified atom stereocenters. The number of cyclic esters (lactones) is 1. The monoisotopic (exact) mass is 292 g/mol. The fourth-order valence-corrected chi connectivity index (χ4v) is 2.43. The zero-order chi connectivity index (χ0) is 14.7. The van der Waals surface area contributed by atoms with Crippen LogP contribution in [0.1, 0.15) is 12.8 Å². The summed E-state index contributed by atoms with van der Waals surface area (Å²) in [5.74, 6) is -0.102. The van der Waals surface area contributed by atoms with Crippen molar-refractivity contribution in [2.24, 2.45) is 0 Å². The van der Waals surface area contributed by atoms with Crippen LogP contribution in [0.3, 0.4) is 0 Å². The molecular formula is C13H16N4O4. The standard InChI is InChI=1S/C13H16N4O4/c18-11(10-8-20-13(19)16-10)17-6-2-9(3-7-17)21-12-14-4-1-5-15-12/h1,4-5,9-10H,2-3,6-8H2,(H,16,19)/t10-/m0/s1. The Balaban J connectivity index is 1.49. The molecule has 1 atom stereocenters. The van der Waals surface area contributed by atoms with Crippen LogP contribution in [-0.2, 0) is 9.53 Å². The molecule has 1 aromatic heterocycles. The maximum atomic E-state index is 12.2. The number of amides is 2. The molecule has 1 N–H and O–H groups in total. The van der Waals surface area contributed by atoms with Crippen LogP contribution in [0.25, 0.3) is 0 Å². The molecule has 2 aliphatic rings. The first-order valence-electron chi connectivity index (χ1n) is 6.88. The molecule has 0 bridgehead atoms. The number of nitrogens with zero attached hydrogens (tertiary/aromatic N) is 3. The Labute approximate surface area is 121 Å². The largest absolute Gasteiger partial charge is 0.460 e. The predicted molar refractivity (Wildman–Crippen MR) is 70.5 cm³/mol.